The lowest BCUT2D eigenvalue weighted by atomic mass is 9.86. The topological polar surface area (TPSA) is 17.2 Å². The lowest BCUT2D eigenvalue weighted by Crippen LogP contribution is -2.50. The van der Waals surface area contributed by atoms with Crippen LogP contribution in [0.15, 0.2) is 57.3 Å². The quantitative estimate of drug-likeness (QED) is 0.472. The summed E-state index contributed by atoms with van der Waals surface area (Å²) in [4.78, 5) is 0. The van der Waals surface area contributed by atoms with Crippen molar-refractivity contribution in [3.05, 3.63) is 68.5 Å². The lowest BCUT2D eigenvalue weighted by molar-refractivity contribution is -0.358. The van der Waals surface area contributed by atoms with Crippen LogP contribution in [0.3, 0.4) is 0 Å². The molecule has 25 heavy (non-hydrogen) atoms. The van der Waals surface area contributed by atoms with E-state index >= 15 is 8.63 Å². The maximum atomic E-state index is 15.2. The molecule has 128 valence electrons. The Bertz CT molecular complexity index is 1010. The minimum Gasteiger partial charge on any atom is -0.495 e. The Balaban J connectivity index is 2.14. The summed E-state index contributed by atoms with van der Waals surface area (Å²) >= 11 is 9.99. The van der Waals surface area contributed by atoms with E-state index < -0.39 is 6.97 Å². The molecule has 2 aliphatic heterocycles. The molecule has 3 nitrogen and oxygen atoms in total. The molecule has 9 heteroatoms. The Hall–Kier alpha value is -1.19. The first-order valence-electron chi connectivity index (χ1n) is 7.34. The van der Waals surface area contributed by atoms with Crippen molar-refractivity contribution in [1.82, 2.24) is 4.48 Å². The summed E-state index contributed by atoms with van der Waals surface area (Å²) in [5.41, 5.74) is 2.29. The highest BCUT2D eigenvalue weighted by atomic mass is 79.9. The van der Waals surface area contributed by atoms with E-state index in [1.807, 2.05) is 18.2 Å². The minimum atomic E-state index is -4.02. The number of aromatic nitrogens is 1. The average molecular weight is 535 g/mol. The van der Waals surface area contributed by atoms with Crippen LogP contribution in [0.25, 0.3) is 5.57 Å². The van der Waals surface area contributed by atoms with Crippen LogP contribution in [-0.2, 0) is 0 Å². The zero-order chi connectivity index (χ0) is 17.9. The van der Waals surface area contributed by atoms with Gasteiger partial charge in [-0.3, -0.25) is 0 Å². The van der Waals surface area contributed by atoms with Gasteiger partial charge in [-0.15, -0.1) is 0 Å². The number of fused-ring (bicyclic) bond motifs is 2. The molecule has 0 unspecified atom stereocenters. The Labute approximate surface area is 168 Å². The molecule has 2 aliphatic rings. The summed E-state index contributed by atoms with van der Waals surface area (Å²) in [7, 11) is 1.56. The summed E-state index contributed by atoms with van der Waals surface area (Å²) in [6.45, 7) is -4.02. The predicted octanol–water partition coefficient (Wildman–Crippen LogP) is 5.39. The van der Waals surface area contributed by atoms with Crippen LogP contribution in [0, 0.1) is 0 Å². The third kappa shape index (κ3) is 2.35. The van der Waals surface area contributed by atoms with Crippen molar-refractivity contribution in [2.45, 2.75) is 0 Å². The van der Waals surface area contributed by atoms with E-state index in [9.17, 15) is 0 Å². The monoisotopic (exact) mass is 532 g/mol. The Morgan fingerprint density at radius 2 is 1.84 bits per heavy atom. The van der Waals surface area contributed by atoms with E-state index in [0.717, 1.165) is 19.0 Å². The van der Waals surface area contributed by atoms with Crippen molar-refractivity contribution in [2.24, 2.45) is 0 Å². The largest absolute Gasteiger partial charge is 0.738 e. The van der Waals surface area contributed by atoms with E-state index in [-0.39, 0.29) is 0 Å². The molecule has 0 saturated carbocycles. The molecule has 1 aromatic carbocycles. The summed E-state index contributed by atoms with van der Waals surface area (Å²) in [5.74, 6) is 0.600. The molecule has 0 fully saturated rings. The Morgan fingerprint density at radius 3 is 2.56 bits per heavy atom. The standard InChI is InChI=1S/C16H10BBr3F2N2O/c1-25-16-9(3-2-4-10(16)18)15-11-5-7-13(19)23(11)17(21,22)24-12(15)6-8-14(24)20/h2-8H,1H3. The highest BCUT2D eigenvalue weighted by molar-refractivity contribution is 9.18. The van der Waals surface area contributed by atoms with Gasteiger partial charge in [-0.1, -0.05) is 12.1 Å². The van der Waals surface area contributed by atoms with Crippen LogP contribution >= 0.6 is 47.8 Å². The first kappa shape index (κ1) is 17.2. The van der Waals surface area contributed by atoms with Crippen LogP contribution in [0.5, 0.6) is 5.75 Å². The molecule has 4 rings (SSSR count). The van der Waals surface area contributed by atoms with Crippen LogP contribution in [-0.4, -0.2) is 27.7 Å². The van der Waals surface area contributed by atoms with Gasteiger partial charge in [0, 0.05) is 39.3 Å². The van der Waals surface area contributed by atoms with Crippen molar-refractivity contribution in [2.75, 3.05) is 7.11 Å². The first-order valence-corrected chi connectivity index (χ1v) is 9.72. The summed E-state index contributed by atoms with van der Waals surface area (Å²) < 4.78 is 39.4. The van der Waals surface area contributed by atoms with Gasteiger partial charge < -0.3 is 22.3 Å². The molecule has 0 amide bonds. The van der Waals surface area contributed by atoms with Crippen molar-refractivity contribution < 1.29 is 17.9 Å². The number of halogens is 5. The fourth-order valence-electron chi connectivity index (χ4n) is 3.32. The van der Waals surface area contributed by atoms with E-state index in [2.05, 4.69) is 47.8 Å². The average Bonchev–Trinajstić information content (AvgIpc) is 3.13. The van der Waals surface area contributed by atoms with Crippen molar-refractivity contribution in [3.63, 3.8) is 0 Å². The third-order valence-electron chi connectivity index (χ3n) is 4.31. The van der Waals surface area contributed by atoms with Crippen LogP contribution < -0.4 is 4.74 Å². The number of benzene rings is 1. The van der Waals surface area contributed by atoms with Crippen molar-refractivity contribution in [3.8, 4) is 5.75 Å². The molecule has 0 N–H and O–H groups in total. The van der Waals surface area contributed by atoms with Gasteiger partial charge in [0.1, 0.15) is 5.75 Å². The van der Waals surface area contributed by atoms with Gasteiger partial charge in [0.25, 0.3) is 0 Å². The summed E-state index contributed by atoms with van der Waals surface area (Å²) in [6, 6.07) is 8.91. The van der Waals surface area contributed by atoms with E-state index in [0.29, 0.717) is 31.9 Å². The number of methoxy groups -OCH3 is 1. The smallest absolute Gasteiger partial charge is 0.495 e. The van der Waals surface area contributed by atoms with E-state index in [1.165, 1.54) is 0 Å². The van der Waals surface area contributed by atoms with E-state index in [1.54, 1.807) is 31.4 Å². The normalized spacial score (nSPS) is 17.8. The second-order valence-electron chi connectivity index (χ2n) is 5.61. The molecule has 0 saturated heterocycles. The van der Waals surface area contributed by atoms with Gasteiger partial charge >= 0.3 is 6.97 Å². The second kappa shape index (κ2) is 5.92. The number of nitrogens with zero attached hydrogens (tertiary/aromatic N) is 2. The molecule has 0 atom stereocenters. The maximum Gasteiger partial charge on any atom is 0.738 e. The zero-order valence-electron chi connectivity index (χ0n) is 12.8. The second-order valence-corrected chi connectivity index (χ2v) is 8.09. The van der Waals surface area contributed by atoms with Gasteiger partial charge in [-0.05, 0) is 50.1 Å². The summed E-state index contributed by atoms with van der Waals surface area (Å²) in [6.07, 6.45) is 3.33. The van der Waals surface area contributed by atoms with Gasteiger partial charge in [0.2, 0.25) is 4.62 Å². The number of hydrogen-bond acceptors (Lipinski definition) is 1. The molecular formula is C16H10BBr3F2N2O. The fourth-order valence-corrected chi connectivity index (χ4v) is 4.99. The Morgan fingerprint density at radius 1 is 1.08 bits per heavy atom. The molecular weight excluding hydrogens is 525 g/mol. The van der Waals surface area contributed by atoms with Crippen LogP contribution in [0.1, 0.15) is 11.3 Å². The van der Waals surface area contributed by atoms with Gasteiger partial charge in [-0.25, -0.2) is 0 Å². The number of ether oxygens (including phenoxy) is 1. The Kier molecular flexibility index (Phi) is 4.08. The first-order chi connectivity index (χ1) is 11.9. The fraction of sp³-hybridized carbons (Fsp3) is 0.0625. The third-order valence-corrected chi connectivity index (χ3v) is 6.23. The molecule has 0 aliphatic carbocycles. The molecule has 0 bridgehead atoms. The number of hydrogen-bond donors (Lipinski definition) is 0. The molecule has 3 heterocycles. The summed E-state index contributed by atoms with van der Waals surface area (Å²) in [5, 5.41) is 0. The highest BCUT2D eigenvalue weighted by Gasteiger charge is 2.54. The van der Waals surface area contributed by atoms with Gasteiger partial charge in [-0.2, -0.15) is 0 Å². The number of rotatable bonds is 2. The van der Waals surface area contributed by atoms with Gasteiger partial charge in [0.05, 0.1) is 21.8 Å². The van der Waals surface area contributed by atoms with Crippen molar-refractivity contribution >= 4 is 65.0 Å². The zero-order valence-corrected chi connectivity index (χ0v) is 17.6. The molecule has 2 aromatic rings. The maximum absolute atomic E-state index is 15.2. The highest BCUT2D eigenvalue weighted by Crippen LogP contribution is 2.45. The molecule has 0 radical (unpaired) electrons. The van der Waals surface area contributed by atoms with E-state index in [4.69, 9.17) is 4.74 Å². The van der Waals surface area contributed by atoms with Gasteiger partial charge in [0.15, 0.2) is 5.70 Å². The van der Waals surface area contributed by atoms with Crippen LogP contribution in [0.4, 0.5) is 8.63 Å². The molecule has 1 aromatic heterocycles. The van der Waals surface area contributed by atoms with Crippen LogP contribution in [0.2, 0.25) is 0 Å². The number of para-hydroxylation sites is 1. The van der Waals surface area contributed by atoms with Crippen molar-refractivity contribution in [1.29, 1.82) is 0 Å². The predicted molar refractivity (Wildman–Crippen MR) is 106 cm³/mol. The lowest BCUT2D eigenvalue weighted by Gasteiger charge is -2.32. The molecule has 0 spiro atoms. The SMILES string of the molecule is COc1c(Br)cccc1C1=C2C=CC(Br)=[N+]2[B-](F)(F)n2c(Br)ccc21. The minimum absolute atomic E-state index is 0.324. The number of allylic oxidation sites excluding steroid dienone is 2.